The molecule has 9 heteroatoms. The standard InChI is InChI=1S/C24H24N4O4S/c29-18-8-4-7-17-20(18)19(15-9-11-16(12-10-15)28(31)32)21-22(25-17)26-24(27-23(21)30)33-13-14-5-2-1-3-6-14/h1-3,5-6,9-12,19,21-22,24-26H,4,7-8,13H2,(H,27,30). The van der Waals surface area contributed by atoms with Gasteiger partial charge in [-0.15, -0.1) is 11.8 Å². The van der Waals surface area contributed by atoms with Gasteiger partial charge in [0.2, 0.25) is 5.91 Å². The van der Waals surface area contributed by atoms with Crippen molar-refractivity contribution in [2.24, 2.45) is 5.92 Å². The van der Waals surface area contributed by atoms with Crippen LogP contribution in [-0.2, 0) is 15.3 Å². The molecule has 4 unspecified atom stereocenters. The van der Waals surface area contributed by atoms with Crippen LogP contribution in [0, 0.1) is 16.0 Å². The summed E-state index contributed by atoms with van der Waals surface area (Å²) in [6.07, 6.45) is 1.63. The molecule has 2 aromatic carbocycles. The van der Waals surface area contributed by atoms with E-state index in [4.69, 9.17) is 0 Å². The number of nitro groups is 1. The molecule has 1 amide bonds. The lowest BCUT2D eigenvalue weighted by atomic mass is 9.70. The molecule has 2 aromatic rings. The number of benzene rings is 2. The monoisotopic (exact) mass is 464 g/mol. The van der Waals surface area contributed by atoms with Gasteiger partial charge in [0.25, 0.3) is 5.69 Å². The summed E-state index contributed by atoms with van der Waals surface area (Å²) in [5.74, 6) is -0.341. The number of ketones is 1. The first kappa shape index (κ1) is 21.7. The first-order valence-corrected chi connectivity index (χ1v) is 12.1. The lowest BCUT2D eigenvalue weighted by molar-refractivity contribution is -0.384. The van der Waals surface area contributed by atoms with Crippen LogP contribution in [0.3, 0.4) is 0 Å². The van der Waals surface area contributed by atoms with Crippen molar-refractivity contribution in [3.05, 3.63) is 87.1 Å². The number of rotatable bonds is 5. The Morgan fingerprint density at radius 1 is 1.00 bits per heavy atom. The van der Waals surface area contributed by atoms with Gasteiger partial charge >= 0.3 is 0 Å². The van der Waals surface area contributed by atoms with E-state index in [9.17, 15) is 19.7 Å². The fourth-order valence-corrected chi connectivity index (χ4v) is 5.92. The quantitative estimate of drug-likeness (QED) is 0.460. The van der Waals surface area contributed by atoms with E-state index in [0.29, 0.717) is 12.0 Å². The van der Waals surface area contributed by atoms with Crippen molar-refractivity contribution in [2.75, 3.05) is 0 Å². The number of nitrogens with one attached hydrogen (secondary N) is 3. The third kappa shape index (κ3) is 4.26. The number of carbonyl (C=O) groups is 2. The molecule has 5 rings (SSSR count). The summed E-state index contributed by atoms with van der Waals surface area (Å²) in [5.41, 5.74) is 3.15. The van der Waals surface area contributed by atoms with E-state index in [1.54, 1.807) is 23.9 Å². The van der Waals surface area contributed by atoms with Crippen LogP contribution in [-0.4, -0.2) is 28.3 Å². The maximum atomic E-state index is 13.3. The largest absolute Gasteiger partial charge is 0.372 e. The summed E-state index contributed by atoms with van der Waals surface area (Å²) >= 11 is 1.60. The van der Waals surface area contributed by atoms with Crippen molar-refractivity contribution in [1.29, 1.82) is 0 Å². The third-order valence-corrected chi connectivity index (χ3v) is 7.53. The predicted octanol–water partition coefficient (Wildman–Crippen LogP) is 3.17. The Morgan fingerprint density at radius 2 is 1.76 bits per heavy atom. The highest BCUT2D eigenvalue weighted by Gasteiger charge is 2.49. The van der Waals surface area contributed by atoms with Crippen molar-refractivity contribution in [2.45, 2.75) is 42.6 Å². The average Bonchev–Trinajstić information content (AvgIpc) is 2.82. The van der Waals surface area contributed by atoms with E-state index in [2.05, 4.69) is 28.1 Å². The number of non-ortho nitro benzene ring substituents is 1. The minimum atomic E-state index is -0.541. The highest BCUT2D eigenvalue weighted by atomic mass is 32.2. The minimum Gasteiger partial charge on any atom is -0.372 e. The summed E-state index contributed by atoms with van der Waals surface area (Å²) in [5, 5.41) is 21.1. The van der Waals surface area contributed by atoms with Crippen LogP contribution in [0.5, 0.6) is 0 Å². The SMILES string of the molecule is O=C1CCCC2=C1C(c1ccc([N+](=O)[O-])cc1)C1C(=O)NC(SCc3ccccc3)NC1N2. The second-order valence-electron chi connectivity index (χ2n) is 8.49. The molecule has 3 aliphatic rings. The Balaban J connectivity index is 1.44. The molecular formula is C24H24N4O4S. The molecule has 0 spiro atoms. The zero-order valence-electron chi connectivity index (χ0n) is 17.8. The van der Waals surface area contributed by atoms with E-state index in [0.717, 1.165) is 29.9 Å². The first-order valence-electron chi connectivity index (χ1n) is 11.0. The second-order valence-corrected chi connectivity index (χ2v) is 9.59. The fourth-order valence-electron chi connectivity index (χ4n) is 4.92. The number of thioether (sulfide) groups is 1. The molecule has 1 saturated heterocycles. The molecule has 1 fully saturated rings. The summed E-state index contributed by atoms with van der Waals surface area (Å²) in [6.45, 7) is 0. The number of Topliss-reactive ketones (excluding diaryl/α,β-unsaturated/α-hetero) is 1. The van der Waals surface area contributed by atoms with Gasteiger partial charge in [-0.25, -0.2) is 0 Å². The van der Waals surface area contributed by atoms with Crippen LogP contribution in [0.4, 0.5) is 5.69 Å². The summed E-state index contributed by atoms with van der Waals surface area (Å²) in [6, 6.07) is 16.3. The van der Waals surface area contributed by atoms with E-state index < -0.39 is 16.8 Å². The number of nitrogens with zero attached hydrogens (tertiary/aromatic N) is 1. The van der Waals surface area contributed by atoms with Gasteiger partial charge in [-0.05, 0) is 24.0 Å². The Kier molecular flexibility index (Phi) is 5.90. The van der Waals surface area contributed by atoms with Crippen LogP contribution in [0.2, 0.25) is 0 Å². The summed E-state index contributed by atoms with van der Waals surface area (Å²) in [4.78, 5) is 36.9. The third-order valence-electron chi connectivity index (χ3n) is 6.44. The van der Waals surface area contributed by atoms with Crippen LogP contribution < -0.4 is 16.0 Å². The molecule has 170 valence electrons. The zero-order valence-corrected chi connectivity index (χ0v) is 18.6. The van der Waals surface area contributed by atoms with E-state index >= 15 is 0 Å². The van der Waals surface area contributed by atoms with Crippen molar-refractivity contribution in [3.8, 4) is 0 Å². The van der Waals surface area contributed by atoms with Gasteiger partial charge in [0, 0.05) is 41.5 Å². The maximum Gasteiger partial charge on any atom is 0.269 e. The number of fused-ring (bicyclic) bond motifs is 1. The molecule has 1 aliphatic carbocycles. The van der Waals surface area contributed by atoms with E-state index in [-0.39, 0.29) is 29.0 Å². The van der Waals surface area contributed by atoms with Gasteiger partial charge in [0.1, 0.15) is 5.50 Å². The summed E-state index contributed by atoms with van der Waals surface area (Å²) < 4.78 is 0. The van der Waals surface area contributed by atoms with Gasteiger partial charge in [0.05, 0.1) is 17.0 Å². The minimum absolute atomic E-state index is 0.0167. The van der Waals surface area contributed by atoms with Crippen LogP contribution >= 0.6 is 11.8 Å². The number of allylic oxidation sites excluding steroid dienone is 2. The van der Waals surface area contributed by atoms with Crippen molar-refractivity contribution in [3.63, 3.8) is 0 Å². The molecular weight excluding hydrogens is 440 g/mol. The number of carbonyl (C=O) groups excluding carboxylic acids is 2. The number of hydrogen-bond donors (Lipinski definition) is 3. The number of hydrogen-bond acceptors (Lipinski definition) is 7. The smallest absolute Gasteiger partial charge is 0.269 e. The zero-order chi connectivity index (χ0) is 22.9. The van der Waals surface area contributed by atoms with Gasteiger partial charge < -0.3 is 10.6 Å². The van der Waals surface area contributed by atoms with Crippen molar-refractivity contribution < 1.29 is 14.5 Å². The Morgan fingerprint density at radius 3 is 2.48 bits per heavy atom. The molecule has 2 aliphatic heterocycles. The first-order chi connectivity index (χ1) is 16.0. The summed E-state index contributed by atoms with van der Waals surface area (Å²) in [7, 11) is 0. The Labute approximate surface area is 195 Å². The molecule has 33 heavy (non-hydrogen) atoms. The molecule has 4 atom stereocenters. The molecule has 0 bridgehead atoms. The predicted molar refractivity (Wildman–Crippen MR) is 125 cm³/mol. The molecule has 8 nitrogen and oxygen atoms in total. The Bertz CT molecular complexity index is 1120. The fraction of sp³-hybridized carbons (Fsp3) is 0.333. The normalized spacial score (nSPS) is 26.7. The average molecular weight is 465 g/mol. The van der Waals surface area contributed by atoms with Crippen LogP contribution in [0.25, 0.3) is 0 Å². The van der Waals surface area contributed by atoms with Gasteiger partial charge in [-0.2, -0.15) is 0 Å². The number of nitro benzene ring substituents is 1. The molecule has 2 heterocycles. The molecule has 0 aromatic heterocycles. The second kappa shape index (κ2) is 8.99. The van der Waals surface area contributed by atoms with E-state index in [1.165, 1.54) is 17.7 Å². The molecule has 0 radical (unpaired) electrons. The topological polar surface area (TPSA) is 113 Å². The van der Waals surface area contributed by atoms with Crippen molar-refractivity contribution in [1.82, 2.24) is 16.0 Å². The number of amides is 1. The van der Waals surface area contributed by atoms with E-state index in [1.807, 2.05) is 18.2 Å². The van der Waals surface area contributed by atoms with Gasteiger partial charge in [-0.3, -0.25) is 25.0 Å². The highest BCUT2D eigenvalue weighted by Crippen LogP contribution is 2.44. The van der Waals surface area contributed by atoms with Gasteiger partial charge in [0.15, 0.2) is 5.78 Å². The lowest BCUT2D eigenvalue weighted by Crippen LogP contribution is -2.67. The Hall–Kier alpha value is -3.17. The maximum absolute atomic E-state index is 13.3. The van der Waals surface area contributed by atoms with Gasteiger partial charge in [-0.1, -0.05) is 42.5 Å². The molecule has 0 saturated carbocycles. The van der Waals surface area contributed by atoms with Crippen molar-refractivity contribution >= 4 is 29.1 Å². The van der Waals surface area contributed by atoms with Crippen LogP contribution in [0.1, 0.15) is 36.3 Å². The lowest BCUT2D eigenvalue weighted by Gasteiger charge is -2.47. The highest BCUT2D eigenvalue weighted by molar-refractivity contribution is 7.99. The van der Waals surface area contributed by atoms with Crippen LogP contribution in [0.15, 0.2) is 65.9 Å². The molecule has 3 N–H and O–H groups in total.